The number of nitrogens with one attached hydrogen (secondary N) is 2. The fourth-order valence-corrected chi connectivity index (χ4v) is 2.60. The summed E-state index contributed by atoms with van der Waals surface area (Å²) in [7, 11) is 0. The number of nitrogens with zero attached hydrogens (tertiary/aromatic N) is 1. The maximum Gasteiger partial charge on any atom is 0.229 e. The van der Waals surface area contributed by atoms with Crippen LogP contribution in [0, 0.1) is 17.6 Å². The smallest absolute Gasteiger partial charge is 0.229 e. The minimum absolute atomic E-state index is 0.145. The first-order chi connectivity index (χ1) is 11.5. The van der Waals surface area contributed by atoms with Crippen molar-refractivity contribution < 1.29 is 18.4 Å². The molecule has 1 aliphatic rings. The highest BCUT2D eigenvalue weighted by molar-refractivity contribution is 5.99. The summed E-state index contributed by atoms with van der Waals surface area (Å²) in [6, 6.07) is 6.94. The lowest BCUT2D eigenvalue weighted by atomic mass is 10.1. The molecule has 7 heteroatoms. The summed E-state index contributed by atoms with van der Waals surface area (Å²) in [4.78, 5) is 27.5. The van der Waals surface area contributed by atoms with Gasteiger partial charge in [0.15, 0.2) is 17.5 Å². The van der Waals surface area contributed by atoms with Crippen molar-refractivity contribution in [1.29, 1.82) is 0 Å². The summed E-state index contributed by atoms with van der Waals surface area (Å²) < 4.78 is 26.3. The lowest BCUT2D eigenvalue weighted by Gasteiger charge is -2.10. The van der Waals surface area contributed by atoms with E-state index >= 15 is 0 Å². The summed E-state index contributed by atoms with van der Waals surface area (Å²) in [5, 5.41) is 5.26. The fraction of sp³-hybridized carbons (Fsp3) is 0.235. The van der Waals surface area contributed by atoms with Gasteiger partial charge in [0, 0.05) is 19.0 Å². The number of aromatic nitrogens is 1. The molecule has 0 spiro atoms. The molecule has 2 aromatic rings. The van der Waals surface area contributed by atoms with Gasteiger partial charge < -0.3 is 10.6 Å². The fourth-order valence-electron chi connectivity index (χ4n) is 2.60. The number of hydrogen-bond donors (Lipinski definition) is 2. The Morgan fingerprint density at radius 2 is 1.96 bits per heavy atom. The quantitative estimate of drug-likeness (QED) is 0.904. The molecule has 2 unspecified atom stereocenters. The molecule has 1 aromatic heterocycles. The second-order valence-corrected chi connectivity index (χ2v) is 5.69. The first kappa shape index (κ1) is 16.0. The molecule has 3 rings (SSSR count). The van der Waals surface area contributed by atoms with E-state index in [-0.39, 0.29) is 29.5 Å². The number of carbonyl (C=O) groups is 2. The molecular formula is C17H15F2N3O2. The molecule has 0 radical (unpaired) electrons. The van der Waals surface area contributed by atoms with Crippen LogP contribution in [0.25, 0.3) is 0 Å². The topological polar surface area (TPSA) is 71.1 Å². The molecule has 1 aromatic carbocycles. The van der Waals surface area contributed by atoms with Gasteiger partial charge in [0.2, 0.25) is 11.8 Å². The van der Waals surface area contributed by atoms with E-state index in [9.17, 15) is 18.4 Å². The summed E-state index contributed by atoms with van der Waals surface area (Å²) in [6.45, 7) is 1.36. The zero-order chi connectivity index (χ0) is 17.3. The van der Waals surface area contributed by atoms with Gasteiger partial charge in [-0.1, -0.05) is 6.07 Å². The van der Waals surface area contributed by atoms with Crippen LogP contribution >= 0.6 is 0 Å². The molecular weight excluding hydrogens is 316 g/mol. The zero-order valence-corrected chi connectivity index (χ0v) is 12.8. The van der Waals surface area contributed by atoms with Crippen LogP contribution in [0.2, 0.25) is 0 Å². The molecule has 1 saturated carbocycles. The van der Waals surface area contributed by atoms with Gasteiger partial charge in [-0.3, -0.25) is 9.59 Å². The SMILES string of the molecule is CC(=O)Nc1cccnc1NC(=O)C1CC1c1ccc(F)c(F)c1. The van der Waals surface area contributed by atoms with E-state index in [1.807, 2.05) is 0 Å². The van der Waals surface area contributed by atoms with Gasteiger partial charge in [0.25, 0.3) is 0 Å². The van der Waals surface area contributed by atoms with Crippen LogP contribution in [0.5, 0.6) is 0 Å². The van der Waals surface area contributed by atoms with Crippen molar-refractivity contribution in [3.05, 3.63) is 53.7 Å². The number of carbonyl (C=O) groups excluding carboxylic acids is 2. The minimum Gasteiger partial charge on any atom is -0.323 e. The number of hydrogen-bond acceptors (Lipinski definition) is 3. The van der Waals surface area contributed by atoms with Crippen LogP contribution in [-0.4, -0.2) is 16.8 Å². The molecule has 2 amide bonds. The van der Waals surface area contributed by atoms with Gasteiger partial charge in [-0.15, -0.1) is 0 Å². The van der Waals surface area contributed by atoms with Crippen LogP contribution in [0.1, 0.15) is 24.8 Å². The molecule has 1 fully saturated rings. The van der Waals surface area contributed by atoms with Crippen LogP contribution < -0.4 is 10.6 Å². The van der Waals surface area contributed by atoms with Crippen molar-refractivity contribution in [1.82, 2.24) is 4.98 Å². The Morgan fingerprint density at radius 1 is 1.17 bits per heavy atom. The normalized spacial score (nSPS) is 18.8. The summed E-state index contributed by atoms with van der Waals surface area (Å²) in [6.07, 6.45) is 2.06. The standard InChI is InChI=1S/C17H15F2N3O2/c1-9(23)21-15-3-2-6-20-16(15)22-17(24)12-8-11(12)10-4-5-13(18)14(19)7-10/h2-7,11-12H,8H2,1H3,(H,21,23)(H,20,22,24). The number of benzene rings is 1. The number of amides is 2. The van der Waals surface area contributed by atoms with E-state index in [2.05, 4.69) is 15.6 Å². The second kappa shape index (κ2) is 6.35. The lowest BCUT2D eigenvalue weighted by Crippen LogP contribution is -2.18. The highest BCUT2D eigenvalue weighted by Crippen LogP contribution is 2.48. The third kappa shape index (κ3) is 3.40. The zero-order valence-electron chi connectivity index (χ0n) is 12.8. The number of rotatable bonds is 4. The van der Waals surface area contributed by atoms with Crippen molar-refractivity contribution >= 4 is 23.3 Å². The Balaban J connectivity index is 1.69. The van der Waals surface area contributed by atoms with Gasteiger partial charge in [0.05, 0.1) is 5.69 Å². The predicted molar refractivity (Wildman–Crippen MR) is 84.4 cm³/mol. The van der Waals surface area contributed by atoms with Gasteiger partial charge in [-0.2, -0.15) is 0 Å². The first-order valence-electron chi connectivity index (χ1n) is 7.44. The molecule has 124 valence electrons. The largest absolute Gasteiger partial charge is 0.323 e. The average molecular weight is 331 g/mol. The number of pyridine rings is 1. The number of halogens is 2. The van der Waals surface area contributed by atoms with Crippen LogP contribution in [0.15, 0.2) is 36.5 Å². The van der Waals surface area contributed by atoms with E-state index in [4.69, 9.17) is 0 Å². The van der Waals surface area contributed by atoms with E-state index in [1.54, 1.807) is 12.1 Å². The second-order valence-electron chi connectivity index (χ2n) is 5.69. The average Bonchev–Trinajstić information content (AvgIpc) is 3.32. The summed E-state index contributed by atoms with van der Waals surface area (Å²) >= 11 is 0. The van der Waals surface area contributed by atoms with E-state index in [0.717, 1.165) is 12.1 Å². The Bertz CT molecular complexity index is 810. The van der Waals surface area contributed by atoms with Gasteiger partial charge in [-0.25, -0.2) is 13.8 Å². The predicted octanol–water partition coefficient (Wildman–Crippen LogP) is 3.06. The molecule has 0 bridgehead atoms. The van der Waals surface area contributed by atoms with Crippen molar-refractivity contribution in [2.75, 3.05) is 10.6 Å². The van der Waals surface area contributed by atoms with E-state index in [1.165, 1.54) is 19.2 Å². The van der Waals surface area contributed by atoms with Gasteiger partial charge in [0.1, 0.15) is 0 Å². The molecule has 2 atom stereocenters. The maximum absolute atomic E-state index is 13.3. The van der Waals surface area contributed by atoms with Crippen molar-refractivity contribution in [2.24, 2.45) is 5.92 Å². The summed E-state index contributed by atoms with van der Waals surface area (Å²) in [5.41, 5.74) is 1.00. The number of anilines is 2. The lowest BCUT2D eigenvalue weighted by molar-refractivity contribution is -0.117. The first-order valence-corrected chi connectivity index (χ1v) is 7.44. The molecule has 1 heterocycles. The Labute approximate surface area is 137 Å². The van der Waals surface area contributed by atoms with Gasteiger partial charge in [-0.05, 0) is 42.2 Å². The molecule has 0 aliphatic heterocycles. The van der Waals surface area contributed by atoms with Gasteiger partial charge >= 0.3 is 0 Å². The third-order valence-electron chi connectivity index (χ3n) is 3.86. The highest BCUT2D eigenvalue weighted by atomic mass is 19.2. The van der Waals surface area contributed by atoms with Crippen molar-refractivity contribution in [3.8, 4) is 0 Å². The van der Waals surface area contributed by atoms with Crippen molar-refractivity contribution in [2.45, 2.75) is 19.3 Å². The van der Waals surface area contributed by atoms with Crippen LogP contribution in [-0.2, 0) is 9.59 Å². The maximum atomic E-state index is 13.3. The molecule has 5 nitrogen and oxygen atoms in total. The van der Waals surface area contributed by atoms with Crippen molar-refractivity contribution in [3.63, 3.8) is 0 Å². The molecule has 24 heavy (non-hydrogen) atoms. The monoisotopic (exact) mass is 331 g/mol. The Morgan fingerprint density at radius 3 is 2.67 bits per heavy atom. The Kier molecular flexibility index (Phi) is 4.24. The third-order valence-corrected chi connectivity index (χ3v) is 3.86. The highest BCUT2D eigenvalue weighted by Gasteiger charge is 2.44. The molecule has 2 N–H and O–H groups in total. The van der Waals surface area contributed by atoms with E-state index < -0.39 is 11.6 Å². The molecule has 1 aliphatic carbocycles. The minimum atomic E-state index is -0.920. The van der Waals surface area contributed by atoms with Crippen LogP contribution in [0.3, 0.4) is 0 Å². The Hall–Kier alpha value is -2.83. The van der Waals surface area contributed by atoms with Crippen LogP contribution in [0.4, 0.5) is 20.3 Å². The molecule has 0 saturated heterocycles. The van der Waals surface area contributed by atoms with E-state index in [0.29, 0.717) is 17.7 Å². The summed E-state index contributed by atoms with van der Waals surface area (Å²) in [5.74, 6) is -2.59.